The normalized spacial score (nSPS) is 23.2. The molecule has 2 aromatic rings. The summed E-state index contributed by atoms with van der Waals surface area (Å²) in [4.78, 5) is 2.16. The number of phenols is 1. The van der Waals surface area contributed by atoms with Crippen LogP contribution in [-0.4, -0.2) is 42.6 Å². The highest BCUT2D eigenvalue weighted by molar-refractivity contribution is 5.85. The molecule has 3 aliphatic rings. The van der Waals surface area contributed by atoms with Gasteiger partial charge in [0.25, 0.3) is 0 Å². The minimum Gasteiger partial charge on any atom is -0.504 e. The van der Waals surface area contributed by atoms with Gasteiger partial charge in [-0.3, -0.25) is 4.90 Å². The monoisotopic (exact) mass is 341 g/mol. The second kappa shape index (κ2) is 5.03. The Balaban J connectivity index is 1.87. The number of aliphatic hydroxyl groups is 1. The largest absolute Gasteiger partial charge is 0.504 e. The molecule has 25 heavy (non-hydrogen) atoms. The molecule has 5 rings (SSSR count). The zero-order valence-electron chi connectivity index (χ0n) is 14.1. The van der Waals surface area contributed by atoms with Gasteiger partial charge in [0.15, 0.2) is 23.0 Å². The van der Waals surface area contributed by atoms with Crippen LogP contribution in [0.25, 0.3) is 11.1 Å². The first-order chi connectivity index (χ1) is 12.1. The number of nitrogens with zero attached hydrogens (tertiary/aromatic N) is 1. The fourth-order valence-corrected chi connectivity index (χ4v) is 4.34. The number of aliphatic hydroxyl groups excluding tert-OH is 1. The zero-order chi connectivity index (χ0) is 17.3. The summed E-state index contributed by atoms with van der Waals surface area (Å²) in [5.74, 6) is 1.93. The van der Waals surface area contributed by atoms with E-state index in [4.69, 9.17) is 14.2 Å². The van der Waals surface area contributed by atoms with E-state index in [1.165, 1.54) is 7.11 Å². The summed E-state index contributed by atoms with van der Waals surface area (Å²) < 4.78 is 16.7. The lowest BCUT2D eigenvalue weighted by atomic mass is 9.76. The standard InChI is InChI=1S/C19H19NO5/c1-20-7-14(22)11-6-16-19(25-8-24-16)18-10-5-15(23-2)13(21)4-9(10)3-12(20)17(11)18/h4-6,12,14,21-22H,3,7-8H2,1-2H3/t12-,14-/m0/s1. The van der Waals surface area contributed by atoms with Crippen molar-refractivity contribution >= 4 is 0 Å². The molecule has 1 aliphatic carbocycles. The average molecular weight is 341 g/mol. The van der Waals surface area contributed by atoms with E-state index in [2.05, 4.69) is 4.90 Å². The van der Waals surface area contributed by atoms with Crippen molar-refractivity contribution in [2.45, 2.75) is 18.6 Å². The van der Waals surface area contributed by atoms with E-state index < -0.39 is 6.10 Å². The predicted octanol–water partition coefficient (Wildman–Crippen LogP) is 2.37. The Morgan fingerprint density at radius 2 is 2.08 bits per heavy atom. The van der Waals surface area contributed by atoms with E-state index in [0.717, 1.165) is 34.2 Å². The third-order valence-electron chi connectivity index (χ3n) is 5.51. The summed E-state index contributed by atoms with van der Waals surface area (Å²) in [6, 6.07) is 5.65. The highest BCUT2D eigenvalue weighted by atomic mass is 16.7. The van der Waals surface area contributed by atoms with Crippen LogP contribution in [-0.2, 0) is 6.42 Å². The Morgan fingerprint density at radius 3 is 2.88 bits per heavy atom. The number of phenolic OH excluding ortho intramolecular Hbond substituents is 1. The Morgan fingerprint density at radius 1 is 1.24 bits per heavy atom. The first-order valence-electron chi connectivity index (χ1n) is 8.33. The number of hydrogen-bond acceptors (Lipinski definition) is 6. The quantitative estimate of drug-likeness (QED) is 0.830. The lowest BCUT2D eigenvalue weighted by molar-refractivity contribution is 0.0831. The van der Waals surface area contributed by atoms with Crippen molar-refractivity contribution in [2.75, 3.05) is 27.5 Å². The van der Waals surface area contributed by atoms with Crippen LogP contribution in [0.4, 0.5) is 0 Å². The van der Waals surface area contributed by atoms with Crippen LogP contribution in [0.3, 0.4) is 0 Å². The van der Waals surface area contributed by atoms with Crippen molar-refractivity contribution in [3.63, 3.8) is 0 Å². The van der Waals surface area contributed by atoms with Gasteiger partial charge in [-0.15, -0.1) is 0 Å². The molecule has 6 nitrogen and oxygen atoms in total. The van der Waals surface area contributed by atoms with Crippen LogP contribution < -0.4 is 14.2 Å². The van der Waals surface area contributed by atoms with Crippen LogP contribution in [0.1, 0.15) is 28.8 Å². The van der Waals surface area contributed by atoms with Gasteiger partial charge in [0.2, 0.25) is 6.79 Å². The topological polar surface area (TPSA) is 71.4 Å². The van der Waals surface area contributed by atoms with Crippen LogP contribution in [0.5, 0.6) is 23.0 Å². The average Bonchev–Trinajstić information content (AvgIpc) is 3.06. The highest BCUT2D eigenvalue weighted by Crippen LogP contribution is 2.56. The molecular formula is C19H19NO5. The van der Waals surface area contributed by atoms with Crippen molar-refractivity contribution in [2.24, 2.45) is 0 Å². The molecule has 2 aliphatic heterocycles. The lowest BCUT2D eigenvalue weighted by Crippen LogP contribution is -2.38. The number of rotatable bonds is 1. The molecule has 0 saturated heterocycles. The molecule has 0 unspecified atom stereocenters. The van der Waals surface area contributed by atoms with Crippen LogP contribution in [0, 0.1) is 0 Å². The Hall–Kier alpha value is -2.44. The third-order valence-corrected chi connectivity index (χ3v) is 5.51. The smallest absolute Gasteiger partial charge is 0.231 e. The summed E-state index contributed by atoms with van der Waals surface area (Å²) in [6.45, 7) is 0.737. The van der Waals surface area contributed by atoms with Gasteiger partial charge in [0.1, 0.15) is 0 Å². The maximum absolute atomic E-state index is 10.6. The summed E-state index contributed by atoms with van der Waals surface area (Å²) in [5, 5.41) is 20.8. The van der Waals surface area contributed by atoms with E-state index in [1.807, 2.05) is 19.2 Å². The fraction of sp³-hybridized carbons (Fsp3) is 0.368. The Bertz CT molecular complexity index is 894. The molecule has 6 heteroatoms. The van der Waals surface area contributed by atoms with Crippen molar-refractivity contribution in [1.82, 2.24) is 4.90 Å². The predicted molar refractivity (Wildman–Crippen MR) is 90.3 cm³/mol. The minimum atomic E-state index is -0.565. The van der Waals surface area contributed by atoms with Gasteiger partial charge >= 0.3 is 0 Å². The van der Waals surface area contributed by atoms with Crippen molar-refractivity contribution in [3.8, 4) is 34.1 Å². The number of fused-ring (bicyclic) bond motifs is 4. The Kier molecular flexibility index (Phi) is 2.99. The summed E-state index contributed by atoms with van der Waals surface area (Å²) in [5.41, 5.74) is 4.94. The number of benzene rings is 2. The molecule has 2 atom stereocenters. The molecule has 2 N–H and O–H groups in total. The maximum atomic E-state index is 10.6. The molecule has 0 spiro atoms. The number of hydrogen-bond donors (Lipinski definition) is 2. The molecule has 0 aromatic heterocycles. The number of methoxy groups -OCH3 is 1. The maximum Gasteiger partial charge on any atom is 0.231 e. The lowest BCUT2D eigenvalue weighted by Gasteiger charge is -2.41. The molecule has 2 aromatic carbocycles. The molecule has 0 saturated carbocycles. The van der Waals surface area contributed by atoms with Crippen molar-refractivity contribution < 1.29 is 24.4 Å². The van der Waals surface area contributed by atoms with Gasteiger partial charge in [0.05, 0.1) is 13.2 Å². The number of aromatic hydroxyl groups is 1. The second-order valence-corrected chi connectivity index (χ2v) is 6.84. The third kappa shape index (κ3) is 1.92. The van der Waals surface area contributed by atoms with E-state index in [9.17, 15) is 10.2 Å². The van der Waals surface area contributed by atoms with Crippen LogP contribution in [0.2, 0.25) is 0 Å². The highest BCUT2D eigenvalue weighted by Gasteiger charge is 2.40. The minimum absolute atomic E-state index is 0.128. The Labute approximate surface area is 145 Å². The van der Waals surface area contributed by atoms with E-state index >= 15 is 0 Å². The number of β-amino-alcohol motifs (C(OH)–C–C–N with tert-alkyl or cyclic N) is 1. The van der Waals surface area contributed by atoms with E-state index in [0.29, 0.717) is 23.8 Å². The molecular weight excluding hydrogens is 322 g/mol. The fourth-order valence-electron chi connectivity index (χ4n) is 4.34. The first-order valence-corrected chi connectivity index (χ1v) is 8.33. The number of likely N-dealkylation sites (N-methyl/N-ethyl adjacent to an activating group) is 1. The van der Waals surface area contributed by atoms with E-state index in [1.54, 1.807) is 6.07 Å². The van der Waals surface area contributed by atoms with Crippen molar-refractivity contribution in [1.29, 1.82) is 0 Å². The summed E-state index contributed by atoms with van der Waals surface area (Å²) >= 11 is 0. The van der Waals surface area contributed by atoms with Gasteiger partial charge < -0.3 is 24.4 Å². The molecule has 2 heterocycles. The zero-order valence-corrected chi connectivity index (χ0v) is 14.1. The second-order valence-electron chi connectivity index (χ2n) is 6.84. The van der Waals surface area contributed by atoms with Gasteiger partial charge in [-0.1, -0.05) is 0 Å². The van der Waals surface area contributed by atoms with Gasteiger partial charge in [0, 0.05) is 18.2 Å². The van der Waals surface area contributed by atoms with E-state index in [-0.39, 0.29) is 18.6 Å². The molecule has 0 fully saturated rings. The molecule has 0 bridgehead atoms. The SMILES string of the molecule is COc1cc2c(cc1O)C[C@H]1c3c(cc4c(c3-2)OCO4)[C@@H](O)CN1C. The van der Waals surface area contributed by atoms with Gasteiger partial charge in [-0.25, -0.2) is 0 Å². The first kappa shape index (κ1) is 14.9. The van der Waals surface area contributed by atoms with Crippen LogP contribution >= 0.6 is 0 Å². The molecule has 0 amide bonds. The van der Waals surface area contributed by atoms with Crippen LogP contribution in [0.15, 0.2) is 18.2 Å². The molecule has 0 radical (unpaired) electrons. The summed E-state index contributed by atoms with van der Waals surface area (Å²) in [7, 11) is 3.55. The summed E-state index contributed by atoms with van der Waals surface area (Å²) in [6.07, 6.45) is 0.195. The van der Waals surface area contributed by atoms with Crippen molar-refractivity contribution in [3.05, 3.63) is 34.9 Å². The van der Waals surface area contributed by atoms with Gasteiger partial charge in [-0.05, 0) is 53.9 Å². The molecule has 130 valence electrons. The van der Waals surface area contributed by atoms with Gasteiger partial charge in [-0.2, -0.15) is 0 Å². The number of ether oxygens (including phenoxy) is 3.